The van der Waals surface area contributed by atoms with E-state index in [1.165, 1.54) is 6.26 Å². The number of rotatable bonds is 4. The number of aryl methyl sites for hydroxylation is 1. The van der Waals surface area contributed by atoms with Crippen LogP contribution in [0.5, 0.6) is 0 Å². The minimum atomic E-state index is -0.294. The van der Waals surface area contributed by atoms with Gasteiger partial charge in [-0.05, 0) is 19.1 Å². The Kier molecular flexibility index (Phi) is 3.55. The number of nitrogens with one attached hydrogen (secondary N) is 1. The van der Waals surface area contributed by atoms with Gasteiger partial charge in [0.25, 0.3) is 5.91 Å². The van der Waals surface area contributed by atoms with Crippen molar-refractivity contribution in [3.05, 3.63) is 66.1 Å². The van der Waals surface area contributed by atoms with Crippen molar-refractivity contribution in [3.63, 3.8) is 0 Å². The van der Waals surface area contributed by atoms with E-state index >= 15 is 0 Å². The Labute approximate surface area is 121 Å². The first kappa shape index (κ1) is 13.2. The Morgan fingerprint density at radius 2 is 2.00 bits per heavy atom. The average molecular weight is 282 g/mol. The highest BCUT2D eigenvalue weighted by Gasteiger charge is 2.13. The number of hydrogen-bond donors (Lipinski definition) is 1. The molecule has 0 spiro atoms. The van der Waals surface area contributed by atoms with Crippen LogP contribution in [0.3, 0.4) is 0 Å². The van der Waals surface area contributed by atoms with Crippen molar-refractivity contribution >= 4 is 5.91 Å². The van der Waals surface area contributed by atoms with Gasteiger partial charge in [-0.25, -0.2) is 4.98 Å². The maximum absolute atomic E-state index is 11.8. The largest absolute Gasteiger partial charge is 0.459 e. The lowest BCUT2D eigenvalue weighted by atomic mass is 10.1. The molecular weight excluding hydrogens is 268 g/mol. The summed E-state index contributed by atoms with van der Waals surface area (Å²) in [7, 11) is 0. The number of furan rings is 1. The summed E-state index contributed by atoms with van der Waals surface area (Å²) in [6, 6.07) is 13.0. The summed E-state index contributed by atoms with van der Waals surface area (Å²) in [4.78, 5) is 16.2. The zero-order chi connectivity index (χ0) is 14.7. The highest BCUT2D eigenvalue weighted by Crippen LogP contribution is 2.22. The number of oxazole rings is 1. The first-order valence-electron chi connectivity index (χ1n) is 6.57. The van der Waals surface area contributed by atoms with Gasteiger partial charge < -0.3 is 14.2 Å². The molecule has 0 atom stereocenters. The van der Waals surface area contributed by atoms with Gasteiger partial charge >= 0.3 is 0 Å². The molecule has 0 saturated heterocycles. The summed E-state index contributed by atoms with van der Waals surface area (Å²) < 4.78 is 10.6. The van der Waals surface area contributed by atoms with Crippen LogP contribution < -0.4 is 5.32 Å². The topological polar surface area (TPSA) is 68.3 Å². The molecular formula is C16H14N2O3. The molecule has 0 aliphatic rings. The monoisotopic (exact) mass is 282 g/mol. The van der Waals surface area contributed by atoms with Gasteiger partial charge in [0, 0.05) is 5.56 Å². The molecule has 5 nitrogen and oxygen atoms in total. The highest BCUT2D eigenvalue weighted by molar-refractivity contribution is 5.91. The normalized spacial score (nSPS) is 10.5. The van der Waals surface area contributed by atoms with Crippen molar-refractivity contribution in [1.29, 1.82) is 0 Å². The summed E-state index contributed by atoms with van der Waals surface area (Å²) in [5, 5.41) is 2.70. The lowest BCUT2D eigenvalue weighted by Gasteiger charge is -1.98. The Balaban J connectivity index is 1.72. The number of nitrogens with zero attached hydrogens (tertiary/aromatic N) is 1. The molecule has 106 valence electrons. The van der Waals surface area contributed by atoms with Crippen LogP contribution in [0.4, 0.5) is 0 Å². The van der Waals surface area contributed by atoms with Crippen LogP contribution >= 0.6 is 0 Å². The van der Waals surface area contributed by atoms with E-state index in [1.807, 2.05) is 37.3 Å². The van der Waals surface area contributed by atoms with Gasteiger partial charge in [-0.15, -0.1) is 0 Å². The molecule has 1 amide bonds. The molecule has 0 aliphatic heterocycles. The third-order valence-electron chi connectivity index (χ3n) is 3.03. The molecule has 1 N–H and O–H groups in total. The summed E-state index contributed by atoms with van der Waals surface area (Å²) in [5.41, 5.74) is 1.78. The summed E-state index contributed by atoms with van der Waals surface area (Å²) in [6.07, 6.45) is 1.46. The van der Waals surface area contributed by atoms with Gasteiger partial charge in [-0.3, -0.25) is 4.79 Å². The highest BCUT2D eigenvalue weighted by atomic mass is 16.4. The Morgan fingerprint density at radius 3 is 2.71 bits per heavy atom. The molecule has 1 aromatic carbocycles. The van der Waals surface area contributed by atoms with Gasteiger partial charge in [0.05, 0.1) is 12.8 Å². The van der Waals surface area contributed by atoms with Gasteiger partial charge in [-0.1, -0.05) is 30.3 Å². The third kappa shape index (κ3) is 2.86. The molecule has 3 rings (SSSR count). The van der Waals surface area contributed by atoms with E-state index in [4.69, 9.17) is 8.83 Å². The second-order valence-electron chi connectivity index (χ2n) is 4.54. The number of amides is 1. The lowest BCUT2D eigenvalue weighted by molar-refractivity contribution is 0.0919. The number of hydrogen-bond acceptors (Lipinski definition) is 4. The fourth-order valence-corrected chi connectivity index (χ4v) is 2.04. The van der Waals surface area contributed by atoms with Crippen LogP contribution in [0.25, 0.3) is 11.3 Å². The average Bonchev–Trinajstić information content (AvgIpc) is 3.15. The second-order valence-corrected chi connectivity index (χ2v) is 4.54. The van der Waals surface area contributed by atoms with Crippen LogP contribution in [-0.4, -0.2) is 10.9 Å². The van der Waals surface area contributed by atoms with E-state index in [0.717, 1.165) is 17.0 Å². The zero-order valence-corrected chi connectivity index (χ0v) is 11.5. The molecule has 3 aromatic rings. The summed E-state index contributed by atoms with van der Waals surface area (Å²) in [6.45, 7) is 2.07. The van der Waals surface area contributed by atoms with Crippen molar-refractivity contribution in [3.8, 4) is 11.3 Å². The van der Waals surface area contributed by atoms with Gasteiger partial charge in [0.1, 0.15) is 11.5 Å². The number of benzene rings is 1. The van der Waals surface area contributed by atoms with E-state index < -0.39 is 0 Å². The van der Waals surface area contributed by atoms with Crippen molar-refractivity contribution in [2.75, 3.05) is 0 Å². The van der Waals surface area contributed by atoms with Crippen LogP contribution in [0, 0.1) is 6.92 Å². The van der Waals surface area contributed by atoms with E-state index in [2.05, 4.69) is 10.3 Å². The first-order chi connectivity index (χ1) is 10.2. The molecule has 0 saturated carbocycles. The summed E-state index contributed by atoms with van der Waals surface area (Å²) in [5.74, 6) is 1.16. The SMILES string of the molecule is Cc1oc(CNC(=O)c2ccco2)nc1-c1ccccc1. The fraction of sp³-hybridized carbons (Fsp3) is 0.125. The van der Waals surface area contributed by atoms with Gasteiger partial charge in [0.15, 0.2) is 5.76 Å². The number of carbonyl (C=O) groups excluding carboxylic acids is 1. The van der Waals surface area contributed by atoms with Crippen molar-refractivity contribution in [2.24, 2.45) is 0 Å². The minimum Gasteiger partial charge on any atom is -0.459 e. The molecule has 2 aromatic heterocycles. The third-order valence-corrected chi connectivity index (χ3v) is 3.03. The molecule has 0 bridgehead atoms. The Bertz CT molecular complexity index is 730. The Hall–Kier alpha value is -2.82. The molecule has 0 radical (unpaired) electrons. The smallest absolute Gasteiger partial charge is 0.287 e. The molecule has 0 fully saturated rings. The molecule has 2 heterocycles. The summed E-state index contributed by atoms with van der Waals surface area (Å²) >= 11 is 0. The van der Waals surface area contributed by atoms with Crippen molar-refractivity contribution in [2.45, 2.75) is 13.5 Å². The second kappa shape index (κ2) is 5.66. The van der Waals surface area contributed by atoms with Crippen LogP contribution in [0.1, 0.15) is 22.2 Å². The van der Waals surface area contributed by atoms with E-state index in [0.29, 0.717) is 5.89 Å². The van der Waals surface area contributed by atoms with E-state index in [9.17, 15) is 4.79 Å². The van der Waals surface area contributed by atoms with Crippen molar-refractivity contribution in [1.82, 2.24) is 10.3 Å². The lowest BCUT2D eigenvalue weighted by Crippen LogP contribution is -2.22. The minimum absolute atomic E-state index is 0.215. The molecule has 21 heavy (non-hydrogen) atoms. The Morgan fingerprint density at radius 1 is 1.19 bits per heavy atom. The van der Waals surface area contributed by atoms with Gasteiger partial charge in [-0.2, -0.15) is 0 Å². The predicted octanol–water partition coefficient (Wildman–Crippen LogP) is 3.17. The quantitative estimate of drug-likeness (QED) is 0.798. The van der Waals surface area contributed by atoms with Crippen LogP contribution in [0.15, 0.2) is 57.6 Å². The van der Waals surface area contributed by atoms with Crippen molar-refractivity contribution < 1.29 is 13.6 Å². The van der Waals surface area contributed by atoms with Crippen LogP contribution in [-0.2, 0) is 6.54 Å². The van der Waals surface area contributed by atoms with Crippen LogP contribution in [0.2, 0.25) is 0 Å². The van der Waals surface area contributed by atoms with E-state index in [1.54, 1.807) is 12.1 Å². The molecule has 0 unspecified atom stereocenters. The molecule has 5 heteroatoms. The maximum atomic E-state index is 11.8. The zero-order valence-electron chi connectivity index (χ0n) is 11.5. The number of aromatic nitrogens is 1. The van der Waals surface area contributed by atoms with Gasteiger partial charge in [0.2, 0.25) is 5.89 Å². The maximum Gasteiger partial charge on any atom is 0.287 e. The predicted molar refractivity (Wildman–Crippen MR) is 76.6 cm³/mol. The standard InChI is InChI=1S/C16H14N2O3/c1-11-15(12-6-3-2-4-7-12)18-14(21-11)10-17-16(19)13-8-5-9-20-13/h2-9H,10H2,1H3,(H,17,19). The number of carbonyl (C=O) groups is 1. The van der Waals surface area contributed by atoms with E-state index in [-0.39, 0.29) is 18.2 Å². The fourth-order valence-electron chi connectivity index (χ4n) is 2.04. The molecule has 0 aliphatic carbocycles. The first-order valence-corrected chi connectivity index (χ1v) is 6.57.